The van der Waals surface area contributed by atoms with Crippen LogP contribution in [0.2, 0.25) is 0 Å². The van der Waals surface area contributed by atoms with E-state index in [1.807, 2.05) is 13.8 Å². The zero-order chi connectivity index (χ0) is 57.3. The van der Waals surface area contributed by atoms with Crippen molar-refractivity contribution in [1.29, 1.82) is 21.0 Å². The Morgan fingerprint density at radius 1 is 0.410 bits per heavy atom. The summed E-state index contributed by atoms with van der Waals surface area (Å²) in [5.74, 6) is -4.89. The molecular formula is C62H56F4N4O8. The number of aromatic hydroxyl groups is 4. The molecule has 0 saturated carbocycles. The largest absolute Gasteiger partial charge is 0.504 e. The number of rotatable bonds is 2. The SMILES string of the molecule is CC1(C)CC2(CC(C)(C)c3cc(O)c(O)cc32)c2cc(O)c(O)cc21.COc1cc2c(cc1OC)C1(CC2(C)C)CC(C)(C)c2cc3c(cc21)Oc1c(C#N)c(C#N)c(C)c(C)c1O3.N#Cc1c(F)c(F)c(F)c(F)c1C#N. The lowest BCUT2D eigenvalue weighted by Gasteiger charge is -2.31. The maximum absolute atomic E-state index is 12.7. The van der Waals surface area contributed by atoms with Crippen molar-refractivity contribution < 1.29 is 56.9 Å². The first kappa shape index (κ1) is 54.2. The van der Waals surface area contributed by atoms with Gasteiger partial charge in [-0.15, -0.1) is 0 Å². The van der Waals surface area contributed by atoms with Crippen LogP contribution in [0.5, 0.6) is 57.5 Å². The summed E-state index contributed by atoms with van der Waals surface area (Å²) < 4.78 is 74.8. The molecule has 0 amide bonds. The molecule has 2 spiro atoms. The highest BCUT2D eigenvalue weighted by molar-refractivity contribution is 5.73. The van der Waals surface area contributed by atoms with E-state index in [4.69, 9.17) is 29.5 Å². The topological polar surface area (TPSA) is 213 Å². The van der Waals surface area contributed by atoms with Gasteiger partial charge in [0, 0.05) is 10.8 Å². The minimum atomic E-state index is -2.10. The number of fused-ring (bicyclic) bond motifs is 10. The molecule has 1 atom stereocenters. The van der Waals surface area contributed by atoms with Gasteiger partial charge in [-0.2, -0.15) is 21.0 Å². The number of ether oxygens (including phenoxy) is 4. The standard InChI is InChI=1S/C33H32N2O4.C21H24O4.C8F4N2/c1-17-18(2)29-30(20(14-35)19(17)13-34)39-28-12-24-22(10-27(28)38-29)32(5,6)16-33(24)15-31(3,4)21-9-25(36-7)26(37-8)11-23(21)33;1-19(2)9-21(13-7-17(24)15(22)5-11(13)19)10-20(3,4)12-6-16(23)18(25)8-14(12)21;9-5-3(1-13)4(2-14)6(10)8(12)7(5)11/h9-12H,15-16H2,1-8H3;5-8,22-25H,9-10H2,1-4H3;. The fraction of sp³-hybridized carbons (Fsp3) is 0.355. The van der Waals surface area contributed by atoms with Gasteiger partial charge in [0.25, 0.3) is 0 Å². The molecule has 11 rings (SSSR count). The summed E-state index contributed by atoms with van der Waals surface area (Å²) in [4.78, 5) is 0. The highest BCUT2D eigenvalue weighted by Crippen LogP contribution is 2.67. The molecular weight excluding hydrogens is 1000 g/mol. The minimum Gasteiger partial charge on any atom is -0.504 e. The van der Waals surface area contributed by atoms with Gasteiger partial charge in [-0.25, -0.2) is 17.6 Å². The summed E-state index contributed by atoms with van der Waals surface area (Å²) in [6.07, 6.45) is 3.49. The van der Waals surface area contributed by atoms with Gasteiger partial charge in [0.15, 0.2) is 80.8 Å². The van der Waals surface area contributed by atoms with Crippen LogP contribution in [-0.4, -0.2) is 34.6 Å². The number of hydrogen-bond acceptors (Lipinski definition) is 12. The molecule has 12 nitrogen and oxygen atoms in total. The quantitative estimate of drug-likeness (QED) is 0.0551. The van der Waals surface area contributed by atoms with Crippen LogP contribution in [0.4, 0.5) is 17.6 Å². The van der Waals surface area contributed by atoms with Crippen LogP contribution >= 0.6 is 0 Å². The molecule has 0 bridgehead atoms. The highest BCUT2D eigenvalue weighted by Gasteiger charge is 2.59. The number of halogens is 4. The van der Waals surface area contributed by atoms with Gasteiger partial charge < -0.3 is 39.4 Å². The summed E-state index contributed by atoms with van der Waals surface area (Å²) in [6.45, 7) is 21.5. The van der Waals surface area contributed by atoms with Gasteiger partial charge in [-0.3, -0.25) is 0 Å². The Bertz CT molecular complexity index is 3700. The van der Waals surface area contributed by atoms with Crippen molar-refractivity contribution in [3.05, 3.63) is 150 Å². The van der Waals surface area contributed by atoms with E-state index in [0.717, 1.165) is 82.7 Å². The maximum atomic E-state index is 12.7. The second kappa shape index (κ2) is 18.0. The molecule has 1 heterocycles. The van der Waals surface area contributed by atoms with Gasteiger partial charge in [-0.05, 0) is 165 Å². The number of methoxy groups -OCH3 is 2. The number of benzene rings is 6. The molecule has 5 aliphatic rings. The molecule has 4 aliphatic carbocycles. The lowest BCUT2D eigenvalue weighted by molar-refractivity contribution is 0.347. The fourth-order valence-corrected chi connectivity index (χ4v) is 13.6. The van der Waals surface area contributed by atoms with Gasteiger partial charge in [0.05, 0.1) is 19.8 Å². The van der Waals surface area contributed by atoms with Gasteiger partial charge >= 0.3 is 0 Å². The van der Waals surface area contributed by atoms with Crippen LogP contribution in [0.15, 0.2) is 48.5 Å². The van der Waals surface area contributed by atoms with E-state index in [0.29, 0.717) is 28.6 Å². The molecule has 0 saturated heterocycles. The minimum absolute atomic E-state index is 0.0866. The van der Waals surface area contributed by atoms with Crippen LogP contribution in [0, 0.1) is 82.4 Å². The first-order valence-corrected chi connectivity index (χ1v) is 25.0. The van der Waals surface area contributed by atoms with Crippen LogP contribution < -0.4 is 18.9 Å². The third kappa shape index (κ3) is 7.78. The van der Waals surface area contributed by atoms with E-state index in [1.54, 1.807) is 38.5 Å². The molecule has 6 aromatic carbocycles. The smallest absolute Gasteiger partial charge is 0.198 e. The van der Waals surface area contributed by atoms with Crippen LogP contribution in [0.25, 0.3) is 0 Å². The Hall–Kier alpha value is -8.60. The monoisotopic (exact) mass is 1060 g/mol. The van der Waals surface area contributed by atoms with Crippen LogP contribution in [-0.2, 0) is 32.5 Å². The molecule has 16 heteroatoms. The Morgan fingerprint density at radius 2 is 0.705 bits per heavy atom. The average molecular weight is 1060 g/mol. The van der Waals surface area contributed by atoms with E-state index in [2.05, 4.69) is 91.8 Å². The van der Waals surface area contributed by atoms with Gasteiger partial charge in [0.2, 0.25) is 0 Å². The molecule has 6 aromatic rings. The summed E-state index contributed by atoms with van der Waals surface area (Å²) in [5, 5.41) is 76.6. The molecule has 1 unspecified atom stereocenters. The molecule has 0 fully saturated rings. The number of nitrogens with zero attached hydrogens (tertiary/aromatic N) is 4. The van der Waals surface area contributed by atoms with Crippen molar-refractivity contribution >= 4 is 0 Å². The number of hydrogen-bond donors (Lipinski definition) is 4. The Labute approximate surface area is 449 Å². The van der Waals surface area contributed by atoms with E-state index in [1.165, 1.54) is 22.3 Å². The molecule has 78 heavy (non-hydrogen) atoms. The first-order valence-electron chi connectivity index (χ1n) is 25.0. The Morgan fingerprint density at radius 3 is 1.08 bits per heavy atom. The Kier molecular flexibility index (Phi) is 12.5. The second-order valence-electron chi connectivity index (χ2n) is 23.6. The highest BCUT2D eigenvalue weighted by atomic mass is 19.2. The van der Waals surface area contributed by atoms with Crippen LogP contribution in [0.1, 0.15) is 159 Å². The molecule has 4 N–H and O–H groups in total. The normalized spacial score (nSPS) is 18.7. The molecule has 400 valence electrons. The second-order valence-corrected chi connectivity index (χ2v) is 23.6. The van der Waals surface area contributed by atoms with Crippen molar-refractivity contribution in [2.45, 2.75) is 127 Å². The van der Waals surface area contributed by atoms with Crippen molar-refractivity contribution in [1.82, 2.24) is 0 Å². The van der Waals surface area contributed by atoms with Crippen molar-refractivity contribution in [3.8, 4) is 81.8 Å². The van der Waals surface area contributed by atoms with Crippen molar-refractivity contribution in [2.75, 3.05) is 14.2 Å². The van der Waals surface area contributed by atoms with Crippen molar-refractivity contribution in [2.24, 2.45) is 0 Å². The zero-order valence-electron chi connectivity index (χ0n) is 45.2. The van der Waals surface area contributed by atoms with Gasteiger partial charge in [0.1, 0.15) is 41.0 Å². The number of phenolic OH excluding ortho intramolecular Hbond substituents is 4. The van der Waals surface area contributed by atoms with Crippen molar-refractivity contribution in [3.63, 3.8) is 0 Å². The van der Waals surface area contributed by atoms with E-state index in [-0.39, 0.29) is 61.1 Å². The number of phenols is 4. The fourth-order valence-electron chi connectivity index (χ4n) is 13.6. The third-order valence-electron chi connectivity index (χ3n) is 16.9. The number of nitriles is 4. The molecule has 1 aliphatic heterocycles. The predicted octanol–water partition coefficient (Wildman–Crippen LogP) is 13.8. The van der Waals surface area contributed by atoms with Crippen LogP contribution in [0.3, 0.4) is 0 Å². The maximum Gasteiger partial charge on any atom is 0.198 e. The van der Waals surface area contributed by atoms with E-state index >= 15 is 0 Å². The predicted molar refractivity (Wildman–Crippen MR) is 279 cm³/mol. The lowest BCUT2D eigenvalue weighted by atomic mass is 9.72. The zero-order valence-corrected chi connectivity index (χ0v) is 45.2. The summed E-state index contributed by atoms with van der Waals surface area (Å²) in [5.41, 5.74) is 7.66. The summed E-state index contributed by atoms with van der Waals surface area (Å²) >= 11 is 0. The van der Waals surface area contributed by atoms with Gasteiger partial charge in [-0.1, -0.05) is 55.4 Å². The lowest BCUT2D eigenvalue weighted by Crippen LogP contribution is -2.27. The average Bonchev–Trinajstić information content (AvgIpc) is 3.59. The van der Waals surface area contributed by atoms with E-state index in [9.17, 15) is 48.5 Å². The third-order valence-corrected chi connectivity index (χ3v) is 16.9. The first-order chi connectivity index (χ1) is 36.4. The molecule has 0 radical (unpaired) electrons. The summed E-state index contributed by atoms with van der Waals surface area (Å²) in [7, 11) is 3.35. The van der Waals surface area contributed by atoms with E-state index < -0.39 is 34.4 Å². The molecule has 0 aromatic heterocycles. The summed E-state index contributed by atoms with van der Waals surface area (Å²) in [6, 6.07) is 21.7. The Balaban J connectivity index is 0.000000161.